The number of anilines is 2. The van der Waals surface area contributed by atoms with Crippen LogP contribution in [-0.2, 0) is 6.54 Å². The fourth-order valence-electron chi connectivity index (χ4n) is 4.53. The van der Waals surface area contributed by atoms with Gasteiger partial charge in [0, 0.05) is 35.0 Å². The molecule has 1 atom stereocenters. The zero-order valence-electron chi connectivity index (χ0n) is 17.7. The van der Waals surface area contributed by atoms with Crippen LogP contribution >= 0.6 is 0 Å². The highest BCUT2D eigenvalue weighted by Gasteiger charge is 2.32. The quantitative estimate of drug-likeness (QED) is 0.261. The van der Waals surface area contributed by atoms with E-state index in [9.17, 15) is 14.9 Å². The van der Waals surface area contributed by atoms with Crippen molar-refractivity contribution >= 4 is 23.0 Å². The van der Waals surface area contributed by atoms with Crippen molar-refractivity contribution in [3.8, 4) is 0 Å². The van der Waals surface area contributed by atoms with Gasteiger partial charge in [0.1, 0.15) is 0 Å². The Morgan fingerprint density at radius 2 is 1.42 bits per heavy atom. The zero-order valence-corrected chi connectivity index (χ0v) is 17.7. The normalized spacial score (nSPS) is 14.7. The number of carbonyl (C=O) groups is 1. The SMILES string of the molecule is Nc1ccccc1C1c2ccccc2CN(C(=O)c2ccc([N+](=O)[O-])cc2)c2ccccc21. The molecule has 0 fully saturated rings. The molecule has 4 aromatic rings. The number of hydrogen-bond acceptors (Lipinski definition) is 4. The van der Waals surface area contributed by atoms with Gasteiger partial charge in [-0.3, -0.25) is 14.9 Å². The number of nitrogens with two attached hydrogens (primary N) is 1. The minimum Gasteiger partial charge on any atom is -0.398 e. The summed E-state index contributed by atoms with van der Waals surface area (Å²) in [5, 5.41) is 11.0. The topological polar surface area (TPSA) is 89.5 Å². The molecule has 0 saturated heterocycles. The van der Waals surface area contributed by atoms with Gasteiger partial charge in [-0.2, -0.15) is 0 Å². The molecule has 1 unspecified atom stereocenters. The van der Waals surface area contributed by atoms with Gasteiger partial charge in [-0.15, -0.1) is 0 Å². The van der Waals surface area contributed by atoms with Crippen LogP contribution in [0.5, 0.6) is 0 Å². The highest BCUT2D eigenvalue weighted by atomic mass is 16.6. The molecule has 4 aromatic carbocycles. The van der Waals surface area contributed by atoms with Crippen LogP contribution in [0.4, 0.5) is 17.1 Å². The number of nitrogens with zero attached hydrogens (tertiary/aromatic N) is 2. The smallest absolute Gasteiger partial charge is 0.269 e. The monoisotopic (exact) mass is 435 g/mol. The number of non-ortho nitro benzene ring substituents is 1. The third-order valence-electron chi connectivity index (χ3n) is 6.11. The molecule has 0 spiro atoms. The first kappa shape index (κ1) is 20.5. The number of nitrogen functional groups attached to an aromatic ring is 1. The summed E-state index contributed by atoms with van der Waals surface area (Å²) in [6.07, 6.45) is 0. The average Bonchev–Trinajstić information content (AvgIpc) is 2.99. The van der Waals surface area contributed by atoms with Crippen molar-refractivity contribution in [2.75, 3.05) is 10.6 Å². The molecule has 33 heavy (non-hydrogen) atoms. The third-order valence-corrected chi connectivity index (χ3v) is 6.11. The van der Waals surface area contributed by atoms with E-state index < -0.39 is 4.92 Å². The highest BCUT2D eigenvalue weighted by Crippen LogP contribution is 2.44. The maximum Gasteiger partial charge on any atom is 0.269 e. The summed E-state index contributed by atoms with van der Waals surface area (Å²) in [4.78, 5) is 25.9. The molecule has 1 aliphatic rings. The van der Waals surface area contributed by atoms with E-state index in [0.717, 1.165) is 27.9 Å². The molecule has 0 radical (unpaired) electrons. The Bertz CT molecular complexity index is 1370. The van der Waals surface area contributed by atoms with Crippen molar-refractivity contribution in [2.24, 2.45) is 0 Å². The van der Waals surface area contributed by atoms with Crippen LogP contribution in [-0.4, -0.2) is 10.8 Å². The van der Waals surface area contributed by atoms with Gasteiger partial charge >= 0.3 is 0 Å². The van der Waals surface area contributed by atoms with Gasteiger partial charge in [0.15, 0.2) is 0 Å². The number of nitro groups is 1. The largest absolute Gasteiger partial charge is 0.398 e. The molecule has 0 aromatic heterocycles. The van der Waals surface area contributed by atoms with Gasteiger partial charge in [0.05, 0.1) is 11.5 Å². The summed E-state index contributed by atoms with van der Waals surface area (Å²) >= 11 is 0. The summed E-state index contributed by atoms with van der Waals surface area (Å²) < 4.78 is 0. The molecular weight excluding hydrogens is 414 g/mol. The Balaban J connectivity index is 1.68. The fourth-order valence-corrected chi connectivity index (χ4v) is 4.53. The summed E-state index contributed by atoms with van der Waals surface area (Å²) in [6.45, 7) is 0.381. The third kappa shape index (κ3) is 3.61. The number of benzene rings is 4. The van der Waals surface area contributed by atoms with Gasteiger partial charge in [-0.25, -0.2) is 0 Å². The molecule has 1 heterocycles. The second-order valence-corrected chi connectivity index (χ2v) is 8.01. The van der Waals surface area contributed by atoms with Gasteiger partial charge in [0.25, 0.3) is 11.6 Å². The maximum atomic E-state index is 13.6. The Labute approximate surface area is 191 Å². The number of fused-ring (bicyclic) bond motifs is 2. The van der Waals surface area contributed by atoms with E-state index in [1.54, 1.807) is 4.90 Å². The summed E-state index contributed by atoms with van der Waals surface area (Å²) in [5.41, 5.74) is 12.3. The molecule has 0 saturated carbocycles. The first-order valence-electron chi connectivity index (χ1n) is 10.6. The molecule has 0 bridgehead atoms. The molecule has 5 rings (SSSR count). The highest BCUT2D eigenvalue weighted by molar-refractivity contribution is 6.07. The van der Waals surface area contributed by atoms with Crippen LogP contribution in [0.2, 0.25) is 0 Å². The van der Waals surface area contributed by atoms with Crippen molar-refractivity contribution in [1.29, 1.82) is 0 Å². The van der Waals surface area contributed by atoms with Crippen molar-refractivity contribution in [1.82, 2.24) is 0 Å². The number of hydrogen-bond donors (Lipinski definition) is 1. The molecule has 0 aliphatic carbocycles. The number of para-hydroxylation sites is 2. The van der Waals surface area contributed by atoms with Crippen LogP contribution in [0.3, 0.4) is 0 Å². The van der Waals surface area contributed by atoms with Crippen LogP contribution in [0, 0.1) is 10.1 Å². The predicted octanol–water partition coefficient (Wildman–Crippen LogP) is 5.52. The van der Waals surface area contributed by atoms with Crippen LogP contribution in [0.15, 0.2) is 97.1 Å². The Kier molecular flexibility index (Phi) is 5.11. The van der Waals surface area contributed by atoms with E-state index in [4.69, 9.17) is 5.73 Å². The van der Waals surface area contributed by atoms with Crippen LogP contribution in [0.25, 0.3) is 0 Å². The second-order valence-electron chi connectivity index (χ2n) is 8.01. The first-order chi connectivity index (χ1) is 16.0. The lowest BCUT2D eigenvalue weighted by molar-refractivity contribution is -0.384. The van der Waals surface area contributed by atoms with E-state index in [0.29, 0.717) is 17.8 Å². The molecule has 6 nitrogen and oxygen atoms in total. The van der Waals surface area contributed by atoms with E-state index in [2.05, 4.69) is 6.07 Å². The number of amides is 1. The van der Waals surface area contributed by atoms with Crippen molar-refractivity contribution in [3.05, 3.63) is 135 Å². The van der Waals surface area contributed by atoms with Gasteiger partial charge in [-0.05, 0) is 46.5 Å². The van der Waals surface area contributed by atoms with Gasteiger partial charge in [0.2, 0.25) is 0 Å². The Morgan fingerprint density at radius 1 is 0.818 bits per heavy atom. The Morgan fingerprint density at radius 3 is 2.12 bits per heavy atom. The summed E-state index contributed by atoms with van der Waals surface area (Å²) in [6, 6.07) is 29.5. The Hall–Kier alpha value is -4.45. The maximum absolute atomic E-state index is 13.6. The second kappa shape index (κ2) is 8.24. The molecule has 2 N–H and O–H groups in total. The molecule has 162 valence electrons. The number of rotatable bonds is 3. The van der Waals surface area contributed by atoms with E-state index in [1.807, 2.05) is 66.7 Å². The van der Waals surface area contributed by atoms with E-state index >= 15 is 0 Å². The predicted molar refractivity (Wildman–Crippen MR) is 128 cm³/mol. The van der Waals surface area contributed by atoms with Gasteiger partial charge in [-0.1, -0.05) is 60.7 Å². The molecule has 6 heteroatoms. The average molecular weight is 435 g/mol. The van der Waals surface area contributed by atoms with Crippen LogP contribution in [0.1, 0.15) is 38.5 Å². The lowest BCUT2D eigenvalue weighted by Crippen LogP contribution is -2.30. The molecule has 1 amide bonds. The summed E-state index contributed by atoms with van der Waals surface area (Å²) in [7, 11) is 0. The van der Waals surface area contributed by atoms with Gasteiger partial charge < -0.3 is 10.6 Å². The zero-order chi connectivity index (χ0) is 22.9. The number of nitro benzene ring substituents is 1. The van der Waals surface area contributed by atoms with Crippen LogP contribution < -0.4 is 10.6 Å². The standard InChI is InChI=1S/C27H21N3O3/c28-24-11-5-3-9-22(24)26-21-8-2-1-7-19(21)17-29(25-12-6-4-10-23(25)26)27(31)18-13-15-20(16-14-18)30(32)33/h1-16,26H,17,28H2. The van der Waals surface area contributed by atoms with Crippen molar-refractivity contribution in [3.63, 3.8) is 0 Å². The lowest BCUT2D eigenvalue weighted by atomic mass is 9.82. The fraction of sp³-hybridized carbons (Fsp3) is 0.0741. The molecular formula is C27H21N3O3. The van der Waals surface area contributed by atoms with Crippen molar-refractivity contribution < 1.29 is 9.72 Å². The van der Waals surface area contributed by atoms with E-state index in [1.165, 1.54) is 24.3 Å². The van der Waals surface area contributed by atoms with Crippen molar-refractivity contribution in [2.45, 2.75) is 12.5 Å². The first-order valence-corrected chi connectivity index (χ1v) is 10.6. The summed E-state index contributed by atoms with van der Waals surface area (Å²) in [5.74, 6) is -0.345. The minimum absolute atomic E-state index is 0.0484. The lowest BCUT2D eigenvalue weighted by Gasteiger charge is -2.25. The molecule has 1 aliphatic heterocycles. The number of carbonyl (C=O) groups excluding carboxylic acids is 1. The minimum atomic E-state index is -0.472. The van der Waals surface area contributed by atoms with E-state index in [-0.39, 0.29) is 17.5 Å².